The number of oxime groups is 1. The average Bonchev–Trinajstić information content (AvgIpc) is 3.40. The number of carbonyl (C=O) groups is 3. The van der Waals surface area contributed by atoms with Gasteiger partial charge in [-0.3, -0.25) is 14.5 Å². The topological polar surface area (TPSA) is 173 Å². The van der Waals surface area contributed by atoms with Crippen molar-refractivity contribution in [3.05, 3.63) is 39.3 Å². The van der Waals surface area contributed by atoms with Crippen LogP contribution >= 0.6 is 22.9 Å². The zero-order valence-electron chi connectivity index (χ0n) is 17.5. The zero-order valence-corrected chi connectivity index (χ0v) is 19.1. The molecule has 0 saturated carbocycles. The van der Waals surface area contributed by atoms with Gasteiger partial charge in [0.05, 0.1) is 17.2 Å². The Morgan fingerprint density at radius 2 is 2.21 bits per heavy atom. The normalized spacial score (nSPS) is 20.6. The number of nitrogens with two attached hydrogens (primary N) is 1. The monoisotopic (exact) mass is 489 g/mol. The van der Waals surface area contributed by atoms with Gasteiger partial charge in [0.1, 0.15) is 18.8 Å². The second kappa shape index (κ2) is 9.07. The van der Waals surface area contributed by atoms with Gasteiger partial charge < -0.3 is 21.0 Å². The number of allylic oxidation sites excluding steroid dienone is 2. The van der Waals surface area contributed by atoms with Crippen LogP contribution in [0.2, 0.25) is 0 Å². The van der Waals surface area contributed by atoms with Gasteiger partial charge in [0, 0.05) is 16.4 Å². The van der Waals surface area contributed by atoms with Crippen molar-refractivity contribution in [2.75, 3.05) is 12.8 Å². The van der Waals surface area contributed by atoms with E-state index in [4.69, 9.17) is 10.6 Å². The van der Waals surface area contributed by atoms with Gasteiger partial charge in [0.15, 0.2) is 5.13 Å². The van der Waals surface area contributed by atoms with E-state index >= 15 is 0 Å². The van der Waals surface area contributed by atoms with Crippen molar-refractivity contribution in [2.24, 2.45) is 5.16 Å². The highest BCUT2D eigenvalue weighted by atomic mass is 32.1. The Morgan fingerprint density at radius 3 is 2.82 bits per heavy atom. The highest BCUT2D eigenvalue weighted by Gasteiger charge is 2.53. The Morgan fingerprint density at radius 1 is 1.42 bits per heavy atom. The number of β-lactam (4-membered cyclic amide) rings is 1. The molecule has 12 nitrogen and oxygen atoms in total. The number of anilines is 1. The lowest BCUT2D eigenvalue weighted by atomic mass is 9.83. The van der Waals surface area contributed by atoms with Crippen LogP contribution in [0.15, 0.2) is 28.0 Å². The minimum Gasteiger partial charge on any atom is -0.477 e. The summed E-state index contributed by atoms with van der Waals surface area (Å²) in [5.41, 5.74) is 8.23. The molecule has 14 heteroatoms. The molecule has 2 amide bonds. The molecule has 4 N–H and O–H groups in total. The molecule has 2 aromatic heterocycles. The first-order valence-corrected chi connectivity index (χ1v) is 11.4. The Kier molecular flexibility index (Phi) is 6.20. The number of rotatable bonds is 7. The second-order valence-electron chi connectivity index (χ2n) is 7.15. The van der Waals surface area contributed by atoms with Crippen LogP contribution in [0.4, 0.5) is 5.13 Å². The molecule has 2 atom stereocenters. The summed E-state index contributed by atoms with van der Waals surface area (Å²) in [6, 6.07) is -1.40. The maximum Gasteiger partial charge on any atom is 0.352 e. The molecule has 2 aromatic rings. The molecule has 172 valence electrons. The summed E-state index contributed by atoms with van der Waals surface area (Å²) in [5.74, 6) is -2.49. The SMILES string of the molecule is CO/N=C(/C(=O)N[C@@H]1C(=O)N2C(C(=O)O)=C(/C=C\c3ncsc3C)CCC12)c1nsc(N)n1. The number of amides is 2. The number of nitrogens with one attached hydrogen (secondary N) is 1. The minimum absolute atomic E-state index is 0.0278. The van der Waals surface area contributed by atoms with E-state index in [1.807, 2.05) is 6.92 Å². The fraction of sp³-hybridized carbons (Fsp3) is 0.316. The van der Waals surface area contributed by atoms with Crippen LogP contribution < -0.4 is 11.1 Å². The number of carboxylic acid groups (broad SMARTS) is 1. The Hall–Kier alpha value is -3.65. The molecular weight excluding hydrogens is 470 g/mol. The molecule has 0 spiro atoms. The van der Waals surface area contributed by atoms with E-state index < -0.39 is 29.9 Å². The summed E-state index contributed by atoms with van der Waals surface area (Å²) in [6.07, 6.45) is 4.32. The van der Waals surface area contributed by atoms with E-state index in [1.165, 1.54) is 23.3 Å². The van der Waals surface area contributed by atoms with Gasteiger partial charge in [-0.2, -0.15) is 9.36 Å². The molecule has 2 aliphatic heterocycles. The number of hydrogen-bond acceptors (Lipinski definition) is 11. The Labute approximate surface area is 195 Å². The number of carboxylic acids is 1. The average molecular weight is 490 g/mol. The van der Waals surface area contributed by atoms with Crippen LogP contribution in [-0.4, -0.2) is 67.0 Å². The summed E-state index contributed by atoms with van der Waals surface area (Å²) in [4.78, 5) is 52.7. The third kappa shape index (κ3) is 4.21. The molecule has 0 bridgehead atoms. The summed E-state index contributed by atoms with van der Waals surface area (Å²) in [5, 5.41) is 16.2. The lowest BCUT2D eigenvalue weighted by Gasteiger charge is -2.50. The molecule has 0 aromatic carbocycles. The van der Waals surface area contributed by atoms with Crippen molar-refractivity contribution in [1.82, 2.24) is 24.6 Å². The van der Waals surface area contributed by atoms with E-state index in [9.17, 15) is 19.5 Å². The van der Waals surface area contributed by atoms with Crippen molar-refractivity contribution in [1.29, 1.82) is 0 Å². The molecule has 33 heavy (non-hydrogen) atoms. The first kappa shape index (κ1) is 22.5. The third-order valence-corrected chi connectivity index (χ3v) is 6.56. The van der Waals surface area contributed by atoms with E-state index in [1.54, 1.807) is 17.7 Å². The fourth-order valence-corrected chi connectivity index (χ4v) is 4.72. The second-order valence-corrected chi connectivity index (χ2v) is 8.99. The summed E-state index contributed by atoms with van der Waals surface area (Å²) in [6.45, 7) is 1.92. The van der Waals surface area contributed by atoms with Crippen LogP contribution in [0, 0.1) is 6.92 Å². The van der Waals surface area contributed by atoms with E-state index in [0.29, 0.717) is 18.4 Å². The molecule has 4 heterocycles. The predicted molar refractivity (Wildman–Crippen MR) is 120 cm³/mol. The number of aromatic nitrogens is 3. The van der Waals surface area contributed by atoms with Gasteiger partial charge in [-0.25, -0.2) is 9.78 Å². The quantitative estimate of drug-likeness (QED) is 0.288. The number of hydrogen-bond donors (Lipinski definition) is 3. The van der Waals surface area contributed by atoms with Crippen molar-refractivity contribution in [2.45, 2.75) is 31.8 Å². The number of fused-ring (bicyclic) bond motifs is 1. The summed E-state index contributed by atoms with van der Waals surface area (Å²) >= 11 is 2.37. The molecule has 0 radical (unpaired) electrons. The number of carbonyl (C=O) groups excluding carboxylic acids is 2. The Balaban J connectivity index is 1.54. The van der Waals surface area contributed by atoms with Crippen molar-refractivity contribution < 1.29 is 24.3 Å². The largest absolute Gasteiger partial charge is 0.477 e. The maximum absolute atomic E-state index is 12.9. The molecule has 1 unspecified atom stereocenters. The van der Waals surface area contributed by atoms with Gasteiger partial charge in [-0.1, -0.05) is 11.2 Å². The highest BCUT2D eigenvalue weighted by Crippen LogP contribution is 2.37. The number of aliphatic carboxylic acids is 1. The van der Waals surface area contributed by atoms with Crippen LogP contribution in [0.1, 0.15) is 29.2 Å². The molecule has 0 aliphatic carbocycles. The number of nitrogens with zero attached hydrogens (tertiary/aromatic N) is 5. The maximum atomic E-state index is 12.9. The number of aryl methyl sites for hydroxylation is 1. The van der Waals surface area contributed by atoms with Crippen molar-refractivity contribution >= 4 is 57.6 Å². The van der Waals surface area contributed by atoms with Crippen molar-refractivity contribution in [3.8, 4) is 0 Å². The lowest BCUT2D eigenvalue weighted by molar-refractivity contribution is -0.155. The molecule has 1 fully saturated rings. The van der Waals surface area contributed by atoms with Crippen LogP contribution in [-0.2, 0) is 19.2 Å². The highest BCUT2D eigenvalue weighted by molar-refractivity contribution is 7.10. The van der Waals surface area contributed by atoms with E-state index in [0.717, 1.165) is 22.1 Å². The molecule has 1 saturated heterocycles. The summed E-state index contributed by atoms with van der Waals surface area (Å²) < 4.78 is 3.94. The van der Waals surface area contributed by atoms with Gasteiger partial charge in [-0.05, 0) is 31.4 Å². The molecular formula is C19H19N7O5S2. The van der Waals surface area contributed by atoms with Gasteiger partial charge in [0.2, 0.25) is 11.5 Å². The predicted octanol–water partition coefficient (Wildman–Crippen LogP) is 0.777. The molecule has 4 rings (SSSR count). The number of thiazole rings is 1. The first-order valence-electron chi connectivity index (χ1n) is 9.71. The first-order chi connectivity index (χ1) is 15.8. The van der Waals surface area contributed by atoms with Crippen LogP contribution in [0.5, 0.6) is 0 Å². The van der Waals surface area contributed by atoms with Gasteiger partial charge in [0.25, 0.3) is 11.8 Å². The smallest absolute Gasteiger partial charge is 0.352 e. The minimum atomic E-state index is -1.21. The molecule has 2 aliphatic rings. The van der Waals surface area contributed by atoms with Crippen LogP contribution in [0.3, 0.4) is 0 Å². The number of nitrogen functional groups attached to an aromatic ring is 1. The standard InChI is InChI=1S/C19H19N7O5S2/c1-8-10(21-7-32-8)5-3-9-4-6-11-12(17(28)26(11)14(9)18(29)30)22-16(27)13(24-31-2)15-23-19(20)33-25-15/h3,5,7,11-12H,4,6H2,1-2H3,(H,22,27)(H,29,30)(H2,20,23,25)/b5-3-,24-13+/t11?,12-/m0/s1. The van der Waals surface area contributed by atoms with Gasteiger partial charge >= 0.3 is 5.97 Å². The van der Waals surface area contributed by atoms with E-state index in [2.05, 4.69) is 24.8 Å². The van der Waals surface area contributed by atoms with Gasteiger partial charge in [-0.15, -0.1) is 11.3 Å². The lowest BCUT2D eigenvalue weighted by Crippen LogP contribution is -2.72. The third-order valence-electron chi connectivity index (χ3n) is 5.24. The summed E-state index contributed by atoms with van der Waals surface area (Å²) in [7, 11) is 1.26. The van der Waals surface area contributed by atoms with Crippen LogP contribution in [0.25, 0.3) is 6.08 Å². The fourth-order valence-electron chi connectivity index (χ4n) is 3.72. The van der Waals surface area contributed by atoms with Crippen molar-refractivity contribution in [3.63, 3.8) is 0 Å². The zero-order chi connectivity index (χ0) is 23.7. The Bertz CT molecular complexity index is 1210. The van der Waals surface area contributed by atoms with E-state index in [-0.39, 0.29) is 22.4 Å².